The minimum Gasteiger partial charge on any atom is -0.465 e. The molecule has 0 saturated heterocycles. The van der Waals surface area contributed by atoms with Gasteiger partial charge in [-0.3, -0.25) is 0 Å². The Bertz CT molecular complexity index is 313. The molecule has 0 bridgehead atoms. The minimum atomic E-state index is -0.642. The Balaban J connectivity index is 0.000000791. The van der Waals surface area contributed by atoms with Crippen LogP contribution in [0.25, 0.3) is 0 Å². The van der Waals surface area contributed by atoms with E-state index in [-0.39, 0.29) is 5.56 Å². The van der Waals surface area contributed by atoms with Crippen LogP contribution in [0.1, 0.15) is 15.9 Å². The van der Waals surface area contributed by atoms with Crippen molar-refractivity contribution >= 4 is 18.6 Å². The Hall–Kier alpha value is -1.03. The van der Waals surface area contributed by atoms with E-state index in [1.807, 2.05) is 0 Å². The van der Waals surface area contributed by atoms with Crippen LogP contribution < -0.4 is 0 Å². The van der Waals surface area contributed by atoms with Gasteiger partial charge in [0, 0.05) is 0 Å². The number of carbonyl (C=O) groups is 1. The molecule has 0 heterocycles. The first kappa shape index (κ1) is 13.0. The van der Waals surface area contributed by atoms with Gasteiger partial charge in [0.25, 0.3) is 0 Å². The second-order valence-corrected chi connectivity index (χ2v) is 2.47. The number of aryl methyl sites for hydroxylation is 1. The van der Waals surface area contributed by atoms with E-state index in [1.165, 1.54) is 19.2 Å². The molecule has 0 aromatic heterocycles. The molecule has 0 fully saturated rings. The molecule has 78 valence electrons. The Morgan fingerprint density at radius 2 is 2.00 bits per heavy atom. The van der Waals surface area contributed by atoms with Crippen molar-refractivity contribution in [3.05, 3.63) is 35.1 Å². The molecule has 0 radical (unpaired) electrons. The van der Waals surface area contributed by atoms with Crippen molar-refractivity contribution < 1.29 is 13.9 Å². The number of thiol groups is 1. The summed E-state index contributed by atoms with van der Waals surface area (Å²) >= 11 is 3.53. The molecule has 1 rings (SSSR count). The van der Waals surface area contributed by atoms with Crippen molar-refractivity contribution in [3.63, 3.8) is 0 Å². The summed E-state index contributed by atoms with van der Waals surface area (Å²) in [6.45, 7) is 1.78. The number of halogens is 1. The van der Waals surface area contributed by atoms with Crippen molar-refractivity contribution in [1.82, 2.24) is 0 Å². The zero-order valence-electron chi connectivity index (χ0n) is 8.37. The molecule has 0 saturated carbocycles. The van der Waals surface area contributed by atoms with E-state index in [4.69, 9.17) is 0 Å². The van der Waals surface area contributed by atoms with Gasteiger partial charge in [0.1, 0.15) is 5.82 Å². The highest BCUT2D eigenvalue weighted by Gasteiger charge is 2.10. The fourth-order valence-electron chi connectivity index (χ4n) is 0.905. The predicted octanol–water partition coefficient (Wildman–Crippen LogP) is 2.47. The Labute approximate surface area is 88.5 Å². The fourth-order valence-corrected chi connectivity index (χ4v) is 0.905. The third-order valence-electron chi connectivity index (χ3n) is 1.53. The van der Waals surface area contributed by atoms with Gasteiger partial charge in [-0.2, -0.15) is 12.6 Å². The second kappa shape index (κ2) is 6.43. The van der Waals surface area contributed by atoms with E-state index >= 15 is 0 Å². The van der Waals surface area contributed by atoms with Crippen LogP contribution in [0.3, 0.4) is 0 Å². The highest BCUT2D eigenvalue weighted by molar-refractivity contribution is 7.79. The van der Waals surface area contributed by atoms with Crippen LogP contribution in [0.15, 0.2) is 18.2 Å². The van der Waals surface area contributed by atoms with Gasteiger partial charge in [0.15, 0.2) is 0 Å². The fraction of sp³-hybridized carbons (Fsp3) is 0.300. The first-order valence-electron chi connectivity index (χ1n) is 3.94. The van der Waals surface area contributed by atoms with Crippen LogP contribution in [0.5, 0.6) is 0 Å². The zero-order chi connectivity index (χ0) is 11.1. The lowest BCUT2D eigenvalue weighted by Crippen LogP contribution is -2.04. The van der Waals surface area contributed by atoms with Crippen LogP contribution in [-0.2, 0) is 4.74 Å². The minimum absolute atomic E-state index is 0.0162. The number of ether oxygens (including phenoxy) is 1. The van der Waals surface area contributed by atoms with Gasteiger partial charge in [-0.25, -0.2) is 9.18 Å². The lowest BCUT2D eigenvalue weighted by atomic mass is 10.1. The van der Waals surface area contributed by atoms with Crippen molar-refractivity contribution in [1.29, 1.82) is 0 Å². The van der Waals surface area contributed by atoms with Gasteiger partial charge in [0.05, 0.1) is 12.7 Å². The number of hydrogen-bond acceptors (Lipinski definition) is 3. The summed E-state index contributed by atoms with van der Waals surface area (Å²) in [6.07, 6.45) is 1.69. The smallest absolute Gasteiger partial charge is 0.340 e. The van der Waals surface area contributed by atoms with Gasteiger partial charge in [-0.15, -0.1) is 0 Å². The molecule has 0 atom stereocenters. The monoisotopic (exact) mass is 216 g/mol. The molecule has 4 heteroatoms. The third kappa shape index (κ3) is 3.38. The molecule has 0 amide bonds. The third-order valence-corrected chi connectivity index (χ3v) is 1.53. The number of rotatable bonds is 1. The molecule has 1 aromatic rings. The summed E-state index contributed by atoms with van der Waals surface area (Å²) < 4.78 is 17.3. The first-order chi connectivity index (χ1) is 6.65. The molecule has 0 spiro atoms. The summed E-state index contributed by atoms with van der Waals surface area (Å²) in [5.41, 5.74) is 0.814. The van der Waals surface area contributed by atoms with Gasteiger partial charge in [0.2, 0.25) is 0 Å². The maximum absolute atomic E-state index is 12.9. The van der Waals surface area contributed by atoms with Crippen LogP contribution >= 0.6 is 12.6 Å². The van der Waals surface area contributed by atoms with E-state index in [2.05, 4.69) is 17.4 Å². The van der Waals surface area contributed by atoms with E-state index in [1.54, 1.807) is 19.2 Å². The lowest BCUT2D eigenvalue weighted by Gasteiger charge is -2.01. The number of carbonyl (C=O) groups excluding carboxylic acids is 1. The SMILES string of the molecule is COC(=O)c1cc(C)ccc1F.CS. The zero-order valence-corrected chi connectivity index (χ0v) is 9.27. The van der Waals surface area contributed by atoms with Gasteiger partial charge in [-0.05, 0) is 25.3 Å². The Kier molecular flexibility index (Phi) is 5.95. The number of esters is 1. The summed E-state index contributed by atoms with van der Waals surface area (Å²) in [5.74, 6) is -1.19. The molecular formula is C10H13FO2S. The molecule has 0 N–H and O–H groups in total. The van der Waals surface area contributed by atoms with Crippen molar-refractivity contribution in [2.45, 2.75) is 6.92 Å². The van der Waals surface area contributed by atoms with E-state index in [9.17, 15) is 9.18 Å². The maximum Gasteiger partial charge on any atom is 0.340 e. The summed E-state index contributed by atoms with van der Waals surface area (Å²) in [7, 11) is 1.23. The standard InChI is InChI=1S/C9H9FO2.CH4S/c1-6-3-4-8(10)7(5-6)9(11)12-2;1-2/h3-5H,1-2H3;2H,1H3. The average Bonchev–Trinajstić information content (AvgIpc) is 2.23. The molecule has 1 aromatic carbocycles. The number of benzene rings is 1. The molecule has 14 heavy (non-hydrogen) atoms. The van der Waals surface area contributed by atoms with Gasteiger partial charge < -0.3 is 4.74 Å². The summed E-state index contributed by atoms with van der Waals surface area (Å²) in [4.78, 5) is 10.9. The second-order valence-electron chi connectivity index (χ2n) is 2.47. The topological polar surface area (TPSA) is 26.3 Å². The highest BCUT2D eigenvalue weighted by Crippen LogP contribution is 2.10. The summed E-state index contributed by atoms with van der Waals surface area (Å²) in [6, 6.07) is 4.31. The predicted molar refractivity (Wildman–Crippen MR) is 57.4 cm³/mol. The first-order valence-corrected chi connectivity index (χ1v) is 4.84. The van der Waals surface area contributed by atoms with E-state index in [0.717, 1.165) is 5.56 Å². The van der Waals surface area contributed by atoms with Crippen molar-refractivity contribution in [2.24, 2.45) is 0 Å². The van der Waals surface area contributed by atoms with Crippen LogP contribution in [0.2, 0.25) is 0 Å². The van der Waals surface area contributed by atoms with Gasteiger partial charge >= 0.3 is 5.97 Å². The van der Waals surface area contributed by atoms with E-state index < -0.39 is 11.8 Å². The average molecular weight is 216 g/mol. The van der Waals surface area contributed by atoms with Crippen LogP contribution in [-0.4, -0.2) is 19.3 Å². The molecule has 2 nitrogen and oxygen atoms in total. The van der Waals surface area contributed by atoms with Crippen LogP contribution in [0.4, 0.5) is 4.39 Å². The molecule has 0 unspecified atom stereocenters. The largest absolute Gasteiger partial charge is 0.465 e. The highest BCUT2D eigenvalue weighted by atomic mass is 32.1. The Morgan fingerprint density at radius 1 is 1.43 bits per heavy atom. The number of methoxy groups -OCH3 is 1. The van der Waals surface area contributed by atoms with Crippen molar-refractivity contribution in [3.8, 4) is 0 Å². The van der Waals surface area contributed by atoms with Gasteiger partial charge in [-0.1, -0.05) is 11.6 Å². The van der Waals surface area contributed by atoms with Crippen molar-refractivity contribution in [2.75, 3.05) is 13.4 Å². The van der Waals surface area contributed by atoms with E-state index in [0.29, 0.717) is 0 Å². The summed E-state index contributed by atoms with van der Waals surface area (Å²) in [5, 5.41) is 0. The molecule has 0 aliphatic heterocycles. The molecule has 0 aliphatic rings. The number of hydrogen-bond donors (Lipinski definition) is 1. The van der Waals surface area contributed by atoms with Crippen LogP contribution in [0, 0.1) is 12.7 Å². The quantitative estimate of drug-likeness (QED) is 0.576. The maximum atomic E-state index is 12.9. The normalized spacial score (nSPS) is 8.64. The Morgan fingerprint density at radius 3 is 2.50 bits per heavy atom. The lowest BCUT2D eigenvalue weighted by molar-refractivity contribution is 0.0595. The molecular weight excluding hydrogens is 203 g/mol. The molecule has 0 aliphatic carbocycles.